The average molecular weight is 449 g/mol. The molecule has 3 nitrogen and oxygen atoms in total. The number of rotatable bonds is 8. The maximum Gasteiger partial charge on any atom is 0.125 e. The number of phenols is 1. The maximum absolute atomic E-state index is 11.0. The van der Waals surface area contributed by atoms with E-state index in [2.05, 4.69) is 61.3 Å². The van der Waals surface area contributed by atoms with E-state index in [-0.39, 0.29) is 5.41 Å². The van der Waals surface area contributed by atoms with Crippen LogP contribution in [0, 0.1) is 0 Å². The van der Waals surface area contributed by atoms with Gasteiger partial charge in [-0.1, -0.05) is 82.0 Å². The molecule has 0 bridgehead atoms. The third kappa shape index (κ3) is 3.79. The molecule has 4 aromatic rings. The molecule has 0 atom stereocenters. The number of hydrogen-bond acceptors (Lipinski definition) is 3. The van der Waals surface area contributed by atoms with Crippen LogP contribution < -0.4 is 0 Å². The van der Waals surface area contributed by atoms with Gasteiger partial charge in [-0.2, -0.15) is 0 Å². The van der Waals surface area contributed by atoms with Crippen LogP contribution >= 0.6 is 0 Å². The second-order valence-corrected chi connectivity index (χ2v) is 9.38. The van der Waals surface area contributed by atoms with Gasteiger partial charge in [0.05, 0.1) is 17.1 Å². The van der Waals surface area contributed by atoms with Crippen molar-refractivity contribution in [1.29, 1.82) is 0 Å². The number of benzene rings is 2. The lowest BCUT2D eigenvalue weighted by molar-refractivity contribution is 0.412. The lowest BCUT2D eigenvalue weighted by Gasteiger charge is -2.32. The third-order valence-corrected chi connectivity index (χ3v) is 7.24. The largest absolute Gasteiger partial charge is 0.507 e. The van der Waals surface area contributed by atoms with E-state index in [1.165, 1.54) is 11.1 Å². The fraction of sp³-hybridized carbons (Fsp3) is 0.290. The number of aromatic nitrogens is 2. The van der Waals surface area contributed by atoms with Crippen LogP contribution in [0.2, 0.25) is 0 Å². The van der Waals surface area contributed by atoms with Crippen LogP contribution in [0.4, 0.5) is 0 Å². The van der Waals surface area contributed by atoms with Gasteiger partial charge in [-0.15, -0.1) is 0 Å². The number of unbranched alkanes of at least 4 members (excludes halogenated alkanes) is 2. The van der Waals surface area contributed by atoms with Crippen LogP contribution in [0.5, 0.6) is 5.75 Å². The lowest BCUT2D eigenvalue weighted by atomic mass is 9.71. The van der Waals surface area contributed by atoms with E-state index in [0.717, 1.165) is 72.3 Å². The van der Waals surface area contributed by atoms with E-state index in [1.807, 2.05) is 30.5 Å². The first kappa shape index (κ1) is 22.3. The van der Waals surface area contributed by atoms with Crippen LogP contribution in [0.1, 0.15) is 63.5 Å². The summed E-state index contributed by atoms with van der Waals surface area (Å²) < 4.78 is 0. The van der Waals surface area contributed by atoms with Crippen LogP contribution in [-0.4, -0.2) is 15.1 Å². The van der Waals surface area contributed by atoms with Gasteiger partial charge in [0.2, 0.25) is 0 Å². The first-order chi connectivity index (χ1) is 16.7. The Labute approximate surface area is 202 Å². The van der Waals surface area contributed by atoms with Gasteiger partial charge in [0.15, 0.2) is 0 Å². The first-order valence-electron chi connectivity index (χ1n) is 12.5. The van der Waals surface area contributed by atoms with Crippen molar-refractivity contribution in [1.82, 2.24) is 9.97 Å². The van der Waals surface area contributed by atoms with Gasteiger partial charge in [-0.3, -0.25) is 4.98 Å². The summed E-state index contributed by atoms with van der Waals surface area (Å²) >= 11 is 0. The minimum absolute atomic E-state index is 0.0727. The molecule has 2 aromatic carbocycles. The molecule has 0 amide bonds. The molecule has 2 aromatic heterocycles. The highest BCUT2D eigenvalue weighted by Gasteiger charge is 2.44. The van der Waals surface area contributed by atoms with E-state index in [9.17, 15) is 5.11 Å². The molecule has 34 heavy (non-hydrogen) atoms. The molecule has 0 spiro atoms. The summed E-state index contributed by atoms with van der Waals surface area (Å²) in [6.45, 7) is 4.51. The van der Waals surface area contributed by atoms with Gasteiger partial charge in [-0.05, 0) is 54.3 Å². The van der Waals surface area contributed by atoms with Gasteiger partial charge in [-0.25, -0.2) is 4.98 Å². The van der Waals surface area contributed by atoms with Crippen molar-refractivity contribution in [2.45, 2.75) is 57.8 Å². The fourth-order valence-corrected chi connectivity index (χ4v) is 5.52. The molecule has 1 N–H and O–H groups in total. The number of aromatic hydroxyl groups is 1. The Morgan fingerprint density at radius 1 is 0.735 bits per heavy atom. The second kappa shape index (κ2) is 9.42. The fourth-order valence-electron chi connectivity index (χ4n) is 5.52. The van der Waals surface area contributed by atoms with Gasteiger partial charge in [0.1, 0.15) is 5.75 Å². The number of fused-ring (bicyclic) bond motifs is 3. The Hall–Kier alpha value is -3.46. The molecule has 0 radical (unpaired) electrons. The summed E-state index contributed by atoms with van der Waals surface area (Å²) in [4.78, 5) is 9.70. The zero-order chi connectivity index (χ0) is 23.5. The quantitative estimate of drug-likeness (QED) is 0.296. The average Bonchev–Trinajstić information content (AvgIpc) is 3.17. The van der Waals surface area contributed by atoms with E-state index in [4.69, 9.17) is 4.98 Å². The van der Waals surface area contributed by atoms with Crippen LogP contribution in [0.15, 0.2) is 79.0 Å². The first-order valence-corrected chi connectivity index (χ1v) is 12.5. The highest BCUT2D eigenvalue weighted by molar-refractivity contribution is 5.84. The number of phenolic OH excluding ortho intramolecular Hbond substituents is 1. The standard InChI is InChI=1S/C31H32N2O/c1-3-5-18-31(19-6-4-2)24-13-10-15-28(34)29(24)30-25(31)16-17-27(33-30)23-12-9-11-22(21-23)26-14-7-8-20-32-26/h7-17,20-21,34H,3-6,18-19H2,1-2H3. The Balaban J connectivity index is 1.65. The van der Waals surface area contributed by atoms with E-state index < -0.39 is 0 Å². The molecule has 0 fully saturated rings. The lowest BCUT2D eigenvalue weighted by Crippen LogP contribution is -2.25. The second-order valence-electron chi connectivity index (χ2n) is 9.38. The molecule has 0 unspecified atom stereocenters. The van der Waals surface area contributed by atoms with Crippen molar-refractivity contribution in [2.75, 3.05) is 0 Å². The number of pyridine rings is 2. The van der Waals surface area contributed by atoms with Crippen molar-refractivity contribution in [3.05, 3.63) is 90.1 Å². The monoisotopic (exact) mass is 448 g/mol. The zero-order valence-corrected chi connectivity index (χ0v) is 20.1. The number of hydrogen-bond donors (Lipinski definition) is 1. The third-order valence-electron chi connectivity index (χ3n) is 7.24. The molecule has 0 aliphatic heterocycles. The summed E-state index contributed by atoms with van der Waals surface area (Å²) in [5.74, 6) is 0.334. The molecule has 2 heterocycles. The van der Waals surface area contributed by atoms with Gasteiger partial charge >= 0.3 is 0 Å². The molecule has 1 aliphatic rings. The molecular formula is C31H32N2O. The van der Waals surface area contributed by atoms with Gasteiger partial charge < -0.3 is 5.11 Å². The predicted molar refractivity (Wildman–Crippen MR) is 140 cm³/mol. The zero-order valence-electron chi connectivity index (χ0n) is 20.1. The molecule has 172 valence electrons. The minimum Gasteiger partial charge on any atom is -0.507 e. The minimum atomic E-state index is -0.0727. The summed E-state index contributed by atoms with van der Waals surface area (Å²) in [6.07, 6.45) is 8.62. The van der Waals surface area contributed by atoms with Crippen LogP contribution in [-0.2, 0) is 5.41 Å². The Morgan fingerprint density at radius 2 is 1.47 bits per heavy atom. The van der Waals surface area contributed by atoms with Crippen molar-refractivity contribution < 1.29 is 5.11 Å². The Kier molecular flexibility index (Phi) is 6.19. The summed E-state index contributed by atoms with van der Waals surface area (Å²) in [5, 5.41) is 11.0. The molecule has 1 aliphatic carbocycles. The molecule has 3 heteroatoms. The summed E-state index contributed by atoms with van der Waals surface area (Å²) in [5.41, 5.74) is 8.32. The number of nitrogens with zero attached hydrogens (tertiary/aromatic N) is 2. The molecule has 0 saturated heterocycles. The van der Waals surface area contributed by atoms with E-state index in [0.29, 0.717) is 5.75 Å². The molecular weight excluding hydrogens is 416 g/mol. The summed E-state index contributed by atoms with van der Waals surface area (Å²) in [7, 11) is 0. The Bertz CT molecular complexity index is 1290. The van der Waals surface area contributed by atoms with Crippen molar-refractivity contribution >= 4 is 0 Å². The van der Waals surface area contributed by atoms with E-state index in [1.54, 1.807) is 6.07 Å². The maximum atomic E-state index is 11.0. The van der Waals surface area contributed by atoms with Crippen LogP contribution in [0.25, 0.3) is 33.8 Å². The van der Waals surface area contributed by atoms with Crippen molar-refractivity contribution in [2.24, 2.45) is 0 Å². The van der Waals surface area contributed by atoms with Crippen LogP contribution in [0.3, 0.4) is 0 Å². The highest BCUT2D eigenvalue weighted by Crippen LogP contribution is 2.56. The topological polar surface area (TPSA) is 46.0 Å². The van der Waals surface area contributed by atoms with Crippen molar-refractivity contribution in [3.63, 3.8) is 0 Å². The predicted octanol–water partition coefficient (Wildman–Crippen LogP) is 8.16. The smallest absolute Gasteiger partial charge is 0.125 e. The van der Waals surface area contributed by atoms with Gasteiger partial charge in [0.25, 0.3) is 0 Å². The van der Waals surface area contributed by atoms with Crippen molar-refractivity contribution in [3.8, 4) is 39.5 Å². The SMILES string of the molecule is CCCCC1(CCCC)c2ccc(-c3cccc(-c4ccccn4)c3)nc2-c2c(O)cccc21. The highest BCUT2D eigenvalue weighted by atomic mass is 16.3. The van der Waals surface area contributed by atoms with Gasteiger partial charge in [0, 0.05) is 28.3 Å². The summed E-state index contributed by atoms with van der Waals surface area (Å²) in [6, 6.07) is 24.8. The van der Waals surface area contributed by atoms with E-state index >= 15 is 0 Å². The molecule has 5 rings (SSSR count). The Morgan fingerprint density at radius 3 is 2.18 bits per heavy atom. The molecule has 0 saturated carbocycles. The normalized spacial score (nSPS) is 13.5.